The molecule has 2 heterocycles. The number of rotatable bonds is 1. The third-order valence-corrected chi connectivity index (χ3v) is 1.52. The van der Waals surface area contributed by atoms with Crippen LogP contribution in [0.25, 0.3) is 5.82 Å². The summed E-state index contributed by atoms with van der Waals surface area (Å²) in [6, 6.07) is 1.62. The molecule has 0 radical (unpaired) electrons. The molecule has 2 aromatic rings. The van der Waals surface area contributed by atoms with Crippen LogP contribution in [0.3, 0.4) is 0 Å². The number of anilines is 2. The summed E-state index contributed by atoms with van der Waals surface area (Å²) in [5, 5.41) is 0. The smallest absolute Gasteiger partial charge is 0.223 e. The fraction of sp³-hybridized carbons (Fsp3) is 0.222. The zero-order valence-electron chi connectivity index (χ0n) is 8.75. The summed E-state index contributed by atoms with van der Waals surface area (Å²) in [6.07, 6.45) is 5.01. The highest BCUT2D eigenvalue weighted by molar-refractivity contribution is 5.41. The van der Waals surface area contributed by atoms with Gasteiger partial charge in [-0.15, -0.1) is 0 Å². The minimum Gasteiger partial charge on any atom is -0.383 e. The lowest BCUT2D eigenvalue weighted by atomic mass is 10.5. The van der Waals surface area contributed by atoms with Crippen LogP contribution in [0.15, 0.2) is 24.8 Å². The van der Waals surface area contributed by atoms with Crippen LogP contribution in [0.4, 0.5) is 11.8 Å². The topological polar surface area (TPSA) is 95.6 Å². The van der Waals surface area contributed by atoms with Crippen LogP contribution < -0.4 is 11.5 Å². The molecule has 0 spiro atoms. The minimum atomic E-state index is 0.156. The van der Waals surface area contributed by atoms with E-state index in [1.807, 2.05) is 13.8 Å². The van der Waals surface area contributed by atoms with Crippen LogP contribution >= 0.6 is 0 Å². The van der Waals surface area contributed by atoms with Gasteiger partial charge in [-0.25, -0.2) is 4.98 Å². The number of nitrogens with two attached hydrogens (primary N) is 2. The molecule has 0 saturated heterocycles. The molecular formula is C9H14N6. The van der Waals surface area contributed by atoms with E-state index in [1.165, 1.54) is 0 Å². The van der Waals surface area contributed by atoms with Crippen LogP contribution in [0, 0.1) is 0 Å². The number of nitrogens with zero attached hydrogens (tertiary/aromatic N) is 4. The largest absolute Gasteiger partial charge is 0.383 e. The zero-order chi connectivity index (χ0) is 11.3. The van der Waals surface area contributed by atoms with Gasteiger partial charge in [0.05, 0.1) is 0 Å². The van der Waals surface area contributed by atoms with Gasteiger partial charge in [0.15, 0.2) is 0 Å². The Balaban J connectivity index is 0.000000531. The third kappa shape index (κ3) is 2.67. The summed E-state index contributed by atoms with van der Waals surface area (Å²) in [6.45, 7) is 4.00. The second-order valence-corrected chi connectivity index (χ2v) is 2.48. The molecule has 0 atom stereocenters. The Bertz CT molecular complexity index is 388. The fourth-order valence-electron chi connectivity index (χ4n) is 0.998. The molecule has 0 bridgehead atoms. The maximum atomic E-state index is 5.50. The molecule has 2 rings (SSSR count). The van der Waals surface area contributed by atoms with Gasteiger partial charge >= 0.3 is 0 Å². The molecule has 0 saturated carbocycles. The first kappa shape index (κ1) is 11.0. The van der Waals surface area contributed by atoms with Crippen molar-refractivity contribution in [2.24, 2.45) is 0 Å². The highest BCUT2D eigenvalue weighted by atomic mass is 15.1. The molecule has 80 valence electrons. The molecule has 0 aliphatic heterocycles. The second-order valence-electron chi connectivity index (χ2n) is 2.48. The van der Waals surface area contributed by atoms with Gasteiger partial charge in [0.2, 0.25) is 5.95 Å². The molecule has 0 aliphatic carbocycles. The van der Waals surface area contributed by atoms with Gasteiger partial charge in [-0.3, -0.25) is 4.57 Å². The molecule has 0 aliphatic rings. The Morgan fingerprint density at radius 1 is 1.20 bits per heavy atom. The van der Waals surface area contributed by atoms with Crippen molar-refractivity contribution in [1.82, 2.24) is 19.5 Å². The van der Waals surface area contributed by atoms with Crippen molar-refractivity contribution in [2.75, 3.05) is 11.5 Å². The van der Waals surface area contributed by atoms with Crippen molar-refractivity contribution in [3.8, 4) is 5.82 Å². The lowest BCUT2D eigenvalue weighted by Crippen LogP contribution is -2.03. The van der Waals surface area contributed by atoms with Crippen LogP contribution in [-0.4, -0.2) is 19.5 Å². The molecule has 6 nitrogen and oxygen atoms in total. The summed E-state index contributed by atoms with van der Waals surface area (Å²) in [7, 11) is 0. The summed E-state index contributed by atoms with van der Waals surface area (Å²) in [5.41, 5.74) is 10.9. The standard InChI is InChI=1S/C7H8N6.C2H6/c8-5-3-6(12-7(9)11-5)13-2-1-10-4-13;1-2/h1-4H,(H4,8,9,11,12);1-2H3. The van der Waals surface area contributed by atoms with E-state index in [0.29, 0.717) is 11.6 Å². The first-order chi connectivity index (χ1) is 7.25. The van der Waals surface area contributed by atoms with Gasteiger partial charge in [0.1, 0.15) is 18.0 Å². The van der Waals surface area contributed by atoms with Gasteiger partial charge in [0.25, 0.3) is 0 Å². The van der Waals surface area contributed by atoms with Crippen molar-refractivity contribution >= 4 is 11.8 Å². The molecule has 0 amide bonds. The van der Waals surface area contributed by atoms with Crippen molar-refractivity contribution in [1.29, 1.82) is 0 Å². The maximum absolute atomic E-state index is 5.50. The minimum absolute atomic E-state index is 0.156. The Morgan fingerprint density at radius 3 is 2.47 bits per heavy atom. The highest BCUT2D eigenvalue weighted by Gasteiger charge is 2.00. The van der Waals surface area contributed by atoms with E-state index in [0.717, 1.165) is 0 Å². The van der Waals surface area contributed by atoms with E-state index in [9.17, 15) is 0 Å². The number of nitrogen functional groups attached to an aromatic ring is 2. The van der Waals surface area contributed by atoms with Crippen molar-refractivity contribution in [2.45, 2.75) is 13.8 Å². The monoisotopic (exact) mass is 206 g/mol. The maximum Gasteiger partial charge on any atom is 0.223 e. The Morgan fingerprint density at radius 2 is 1.93 bits per heavy atom. The fourth-order valence-corrected chi connectivity index (χ4v) is 0.998. The van der Waals surface area contributed by atoms with Crippen LogP contribution in [-0.2, 0) is 0 Å². The van der Waals surface area contributed by atoms with Gasteiger partial charge in [-0.1, -0.05) is 13.8 Å². The number of hydrogen-bond acceptors (Lipinski definition) is 5. The van der Waals surface area contributed by atoms with Gasteiger partial charge in [-0.05, 0) is 0 Å². The van der Waals surface area contributed by atoms with E-state index >= 15 is 0 Å². The summed E-state index contributed by atoms with van der Waals surface area (Å²) >= 11 is 0. The zero-order valence-corrected chi connectivity index (χ0v) is 8.75. The van der Waals surface area contributed by atoms with Crippen LogP contribution in [0.5, 0.6) is 0 Å². The van der Waals surface area contributed by atoms with E-state index in [1.54, 1.807) is 29.4 Å². The predicted molar refractivity (Wildman–Crippen MR) is 59.3 cm³/mol. The van der Waals surface area contributed by atoms with Crippen molar-refractivity contribution < 1.29 is 0 Å². The number of aromatic nitrogens is 4. The summed E-state index contributed by atoms with van der Waals surface area (Å²) in [5.74, 6) is 1.11. The lowest BCUT2D eigenvalue weighted by Gasteiger charge is -2.02. The summed E-state index contributed by atoms with van der Waals surface area (Å²) < 4.78 is 1.70. The highest BCUT2D eigenvalue weighted by Crippen LogP contribution is 2.08. The Labute approximate surface area is 88.0 Å². The molecule has 4 N–H and O–H groups in total. The quantitative estimate of drug-likeness (QED) is 0.721. The Hall–Kier alpha value is -2.11. The van der Waals surface area contributed by atoms with Gasteiger partial charge in [-0.2, -0.15) is 9.97 Å². The molecular weight excluding hydrogens is 192 g/mol. The van der Waals surface area contributed by atoms with Gasteiger partial charge < -0.3 is 11.5 Å². The average Bonchev–Trinajstić information content (AvgIpc) is 2.72. The Kier molecular flexibility index (Phi) is 3.61. The number of hydrogen-bond donors (Lipinski definition) is 2. The molecule has 0 unspecified atom stereocenters. The normalized spacial score (nSPS) is 9.20. The third-order valence-electron chi connectivity index (χ3n) is 1.52. The molecule has 0 aromatic carbocycles. The number of imidazole rings is 1. The average molecular weight is 206 g/mol. The predicted octanol–water partition coefficient (Wildman–Crippen LogP) is 0.853. The van der Waals surface area contributed by atoms with Crippen LogP contribution in [0.1, 0.15) is 13.8 Å². The first-order valence-electron chi connectivity index (χ1n) is 4.64. The van der Waals surface area contributed by atoms with E-state index in [2.05, 4.69) is 15.0 Å². The van der Waals surface area contributed by atoms with E-state index < -0.39 is 0 Å². The molecule has 2 aromatic heterocycles. The SMILES string of the molecule is CC.Nc1cc(-n2ccnc2)nc(N)n1. The van der Waals surface area contributed by atoms with Crippen LogP contribution in [0.2, 0.25) is 0 Å². The molecule has 15 heavy (non-hydrogen) atoms. The first-order valence-corrected chi connectivity index (χ1v) is 4.64. The van der Waals surface area contributed by atoms with E-state index in [-0.39, 0.29) is 5.95 Å². The second kappa shape index (κ2) is 4.94. The van der Waals surface area contributed by atoms with Crippen molar-refractivity contribution in [3.63, 3.8) is 0 Å². The molecule has 6 heteroatoms. The molecule has 0 fully saturated rings. The van der Waals surface area contributed by atoms with Gasteiger partial charge in [0, 0.05) is 18.5 Å². The van der Waals surface area contributed by atoms with Crippen molar-refractivity contribution in [3.05, 3.63) is 24.8 Å². The lowest BCUT2D eigenvalue weighted by molar-refractivity contribution is 0.981. The summed E-state index contributed by atoms with van der Waals surface area (Å²) in [4.78, 5) is 11.6. The van der Waals surface area contributed by atoms with E-state index in [4.69, 9.17) is 11.5 Å².